The second-order valence-electron chi connectivity index (χ2n) is 6.84. The van der Waals surface area contributed by atoms with Crippen molar-refractivity contribution >= 4 is 22.9 Å². The number of amides is 2. The molecule has 1 aromatic carbocycles. The van der Waals surface area contributed by atoms with E-state index in [2.05, 4.69) is 21.8 Å². The van der Waals surface area contributed by atoms with E-state index in [1.165, 1.54) is 12.1 Å². The molecule has 1 atom stereocenters. The molecule has 1 aliphatic heterocycles. The highest BCUT2D eigenvalue weighted by Crippen LogP contribution is 2.29. The van der Waals surface area contributed by atoms with Crippen molar-refractivity contribution in [3.8, 4) is 0 Å². The number of anilines is 1. The number of hydrogen-bond acceptors (Lipinski definition) is 3. The highest BCUT2D eigenvalue weighted by atomic mass is 19.1. The Hall–Kier alpha value is -2.96. The van der Waals surface area contributed by atoms with E-state index in [0.717, 1.165) is 36.4 Å². The Morgan fingerprint density at radius 1 is 1.30 bits per heavy atom. The Bertz CT molecular complexity index is 953. The summed E-state index contributed by atoms with van der Waals surface area (Å²) < 4.78 is 15.2. The minimum absolute atomic E-state index is 0.166. The largest absolute Gasteiger partial charge is 0.324 e. The van der Waals surface area contributed by atoms with Gasteiger partial charge in [-0.05, 0) is 49.2 Å². The lowest BCUT2D eigenvalue weighted by Gasteiger charge is -2.18. The third-order valence-corrected chi connectivity index (χ3v) is 4.92. The van der Waals surface area contributed by atoms with Crippen LogP contribution in [0.5, 0.6) is 0 Å². The second-order valence-corrected chi connectivity index (χ2v) is 6.84. The highest BCUT2D eigenvalue weighted by Gasteiger charge is 2.31. The third-order valence-electron chi connectivity index (χ3n) is 4.92. The van der Waals surface area contributed by atoms with E-state index < -0.39 is 0 Å². The average molecular weight is 367 g/mol. The predicted octanol–water partition coefficient (Wildman–Crippen LogP) is 4.00. The smallest absolute Gasteiger partial charge is 0.321 e. The molecule has 0 aliphatic carbocycles. The lowest BCUT2D eigenvalue weighted by molar-refractivity contribution is 0.222. The Balaban J connectivity index is 1.51. The lowest BCUT2D eigenvalue weighted by Crippen LogP contribution is -2.33. The number of nitrogens with zero attached hydrogens (tertiary/aromatic N) is 4. The fourth-order valence-corrected chi connectivity index (χ4v) is 3.62. The maximum atomic E-state index is 13.0. The van der Waals surface area contributed by atoms with Crippen molar-refractivity contribution in [1.82, 2.24) is 19.4 Å². The maximum Gasteiger partial charge on any atom is 0.321 e. The lowest BCUT2D eigenvalue weighted by atomic mass is 10.1. The van der Waals surface area contributed by atoms with Crippen molar-refractivity contribution in [3.63, 3.8) is 0 Å². The molecule has 7 heteroatoms. The molecule has 6 nitrogen and oxygen atoms in total. The van der Waals surface area contributed by atoms with Gasteiger partial charge in [-0.25, -0.2) is 19.2 Å². The van der Waals surface area contributed by atoms with E-state index in [1.54, 1.807) is 23.2 Å². The first kappa shape index (κ1) is 17.5. The fourth-order valence-electron chi connectivity index (χ4n) is 3.62. The molecule has 140 valence electrons. The van der Waals surface area contributed by atoms with E-state index in [9.17, 15) is 9.18 Å². The minimum atomic E-state index is -0.322. The highest BCUT2D eigenvalue weighted by molar-refractivity contribution is 5.89. The van der Waals surface area contributed by atoms with Crippen molar-refractivity contribution in [2.24, 2.45) is 0 Å². The van der Waals surface area contributed by atoms with Gasteiger partial charge in [-0.2, -0.15) is 0 Å². The first-order valence-corrected chi connectivity index (χ1v) is 9.28. The molecule has 4 rings (SSSR count). The van der Waals surface area contributed by atoms with Crippen LogP contribution >= 0.6 is 0 Å². The number of rotatable bonds is 4. The van der Waals surface area contributed by atoms with E-state index in [-0.39, 0.29) is 17.8 Å². The number of aromatic nitrogens is 3. The van der Waals surface area contributed by atoms with Gasteiger partial charge < -0.3 is 14.8 Å². The Morgan fingerprint density at radius 3 is 2.89 bits per heavy atom. The summed E-state index contributed by atoms with van der Waals surface area (Å²) in [6, 6.07) is 9.50. The van der Waals surface area contributed by atoms with Gasteiger partial charge in [0.1, 0.15) is 17.2 Å². The Morgan fingerprint density at radius 2 is 2.11 bits per heavy atom. The van der Waals surface area contributed by atoms with Gasteiger partial charge in [0.05, 0.1) is 0 Å². The number of fused-ring (bicyclic) bond motifs is 1. The molecule has 3 aromatic rings. The van der Waals surface area contributed by atoms with Crippen LogP contribution in [0.1, 0.15) is 31.5 Å². The van der Waals surface area contributed by atoms with Gasteiger partial charge in [0, 0.05) is 37.4 Å². The van der Waals surface area contributed by atoms with Crippen molar-refractivity contribution in [2.45, 2.75) is 32.2 Å². The van der Waals surface area contributed by atoms with Crippen molar-refractivity contribution < 1.29 is 9.18 Å². The van der Waals surface area contributed by atoms with Crippen LogP contribution in [0.4, 0.5) is 14.9 Å². The summed E-state index contributed by atoms with van der Waals surface area (Å²) >= 11 is 0. The van der Waals surface area contributed by atoms with Crippen LogP contribution in [-0.2, 0) is 6.54 Å². The molecule has 2 amide bonds. The molecule has 1 fully saturated rings. The Kier molecular flexibility index (Phi) is 4.75. The molecule has 1 aliphatic rings. The number of halogens is 1. The van der Waals surface area contributed by atoms with E-state index in [1.807, 2.05) is 12.1 Å². The second kappa shape index (κ2) is 7.34. The SMILES string of the molecule is CCCn1c([C@H]2CCN(C(=O)Nc3ccc(F)cc3)C2)nc2cccnc21. The van der Waals surface area contributed by atoms with Crippen molar-refractivity contribution in [1.29, 1.82) is 0 Å². The van der Waals surface area contributed by atoms with E-state index >= 15 is 0 Å². The van der Waals surface area contributed by atoms with Crippen LogP contribution in [0.25, 0.3) is 11.2 Å². The number of nitrogens with one attached hydrogen (secondary N) is 1. The van der Waals surface area contributed by atoms with Crippen LogP contribution in [-0.4, -0.2) is 38.6 Å². The topological polar surface area (TPSA) is 63.1 Å². The van der Waals surface area contributed by atoms with Crippen LogP contribution in [0.3, 0.4) is 0 Å². The number of likely N-dealkylation sites (tertiary alicyclic amines) is 1. The van der Waals surface area contributed by atoms with Crippen molar-refractivity contribution in [3.05, 3.63) is 54.2 Å². The van der Waals surface area contributed by atoms with Crippen molar-refractivity contribution in [2.75, 3.05) is 18.4 Å². The van der Waals surface area contributed by atoms with Gasteiger partial charge >= 0.3 is 6.03 Å². The number of pyridine rings is 1. The molecule has 0 bridgehead atoms. The quantitative estimate of drug-likeness (QED) is 0.758. The summed E-state index contributed by atoms with van der Waals surface area (Å²) in [4.78, 5) is 23.6. The number of carbonyl (C=O) groups is 1. The molecule has 0 unspecified atom stereocenters. The van der Waals surface area contributed by atoms with E-state index in [0.29, 0.717) is 18.8 Å². The van der Waals surface area contributed by atoms with Gasteiger partial charge in [0.2, 0.25) is 0 Å². The number of carbonyl (C=O) groups excluding carboxylic acids is 1. The summed E-state index contributed by atoms with van der Waals surface area (Å²) in [6.07, 6.45) is 3.65. The normalized spacial score (nSPS) is 16.8. The number of benzene rings is 1. The van der Waals surface area contributed by atoms with Crippen LogP contribution < -0.4 is 5.32 Å². The average Bonchev–Trinajstić information content (AvgIpc) is 3.29. The molecule has 0 saturated carbocycles. The zero-order valence-corrected chi connectivity index (χ0v) is 15.2. The number of hydrogen-bond donors (Lipinski definition) is 1. The molecule has 0 spiro atoms. The monoisotopic (exact) mass is 367 g/mol. The first-order chi connectivity index (χ1) is 13.2. The summed E-state index contributed by atoms with van der Waals surface area (Å²) in [5, 5.41) is 2.83. The van der Waals surface area contributed by atoms with Crippen LogP contribution in [0.2, 0.25) is 0 Å². The van der Waals surface area contributed by atoms with Gasteiger partial charge in [-0.3, -0.25) is 0 Å². The van der Waals surface area contributed by atoms with Gasteiger partial charge in [0.25, 0.3) is 0 Å². The molecular formula is C20H22FN5O. The minimum Gasteiger partial charge on any atom is -0.324 e. The fraction of sp³-hybridized carbons (Fsp3) is 0.350. The predicted molar refractivity (Wildman–Crippen MR) is 102 cm³/mol. The standard InChI is InChI=1S/C20H22FN5O/c1-2-11-26-18(24-17-4-3-10-22-19(17)26)14-9-12-25(13-14)20(27)23-16-7-5-15(21)6-8-16/h3-8,10,14H,2,9,11-13H2,1H3,(H,23,27)/t14-/m0/s1. The van der Waals surface area contributed by atoms with Gasteiger partial charge in [0.15, 0.2) is 5.65 Å². The maximum absolute atomic E-state index is 13.0. The number of urea groups is 1. The molecule has 2 aromatic heterocycles. The zero-order chi connectivity index (χ0) is 18.8. The van der Waals surface area contributed by atoms with Crippen LogP contribution in [0.15, 0.2) is 42.6 Å². The molecule has 0 radical (unpaired) electrons. The zero-order valence-electron chi connectivity index (χ0n) is 15.2. The van der Waals surface area contributed by atoms with Gasteiger partial charge in [-0.1, -0.05) is 6.92 Å². The summed E-state index contributed by atoms with van der Waals surface area (Å²) in [5.74, 6) is 0.866. The number of imidazole rings is 1. The molecule has 1 saturated heterocycles. The molecule has 1 N–H and O–H groups in total. The van der Waals surface area contributed by atoms with Gasteiger partial charge in [-0.15, -0.1) is 0 Å². The third kappa shape index (κ3) is 3.49. The summed E-state index contributed by atoms with van der Waals surface area (Å²) in [7, 11) is 0. The first-order valence-electron chi connectivity index (χ1n) is 9.28. The Labute approximate surface area is 157 Å². The molecular weight excluding hydrogens is 345 g/mol. The molecule has 3 heterocycles. The number of aryl methyl sites for hydroxylation is 1. The van der Waals surface area contributed by atoms with Crippen LogP contribution in [0, 0.1) is 5.82 Å². The van der Waals surface area contributed by atoms with E-state index in [4.69, 9.17) is 4.98 Å². The summed E-state index contributed by atoms with van der Waals surface area (Å²) in [5.41, 5.74) is 2.39. The molecule has 27 heavy (non-hydrogen) atoms. The summed E-state index contributed by atoms with van der Waals surface area (Å²) in [6.45, 7) is 4.28.